The zero-order valence-electron chi connectivity index (χ0n) is 27.5. The summed E-state index contributed by atoms with van der Waals surface area (Å²) in [6, 6.07) is 9.70. The average molecular weight is 631 g/mol. The van der Waals surface area contributed by atoms with Crippen LogP contribution in [0, 0.1) is 31.6 Å². The van der Waals surface area contributed by atoms with Crippen molar-refractivity contribution in [1.29, 1.82) is 0 Å². The van der Waals surface area contributed by atoms with Crippen LogP contribution in [0.25, 0.3) is 21.5 Å². The number of aromatic nitrogens is 1. The quantitative estimate of drug-likeness (QED) is 0.247. The van der Waals surface area contributed by atoms with Gasteiger partial charge in [0, 0.05) is 41.9 Å². The predicted molar refractivity (Wildman–Crippen MR) is 182 cm³/mol. The first kappa shape index (κ1) is 30.9. The lowest BCUT2D eigenvalue weighted by molar-refractivity contribution is -0.130. The highest BCUT2D eigenvalue weighted by atomic mass is 32.1. The Balaban J connectivity index is 1.06. The molecule has 3 saturated heterocycles. The summed E-state index contributed by atoms with van der Waals surface area (Å²) in [5, 5.41) is 7.78. The Labute approximate surface area is 271 Å². The van der Waals surface area contributed by atoms with Crippen molar-refractivity contribution >= 4 is 33.4 Å². The fraction of sp³-hybridized carbons (Fsp3) is 0.622. The number of fused-ring (bicyclic) bond motifs is 3. The molecule has 2 amide bonds. The molecular weight excluding hydrogens is 580 g/mol. The molecular formula is C37H50N4O3S. The van der Waals surface area contributed by atoms with Gasteiger partial charge in [-0.1, -0.05) is 31.0 Å². The second-order valence-corrected chi connectivity index (χ2v) is 16.1. The smallest absolute Gasteiger partial charge is 0.249 e. The van der Waals surface area contributed by atoms with Gasteiger partial charge in [-0.05, 0) is 125 Å². The van der Waals surface area contributed by atoms with E-state index in [2.05, 4.69) is 72.5 Å². The maximum Gasteiger partial charge on any atom is 0.249 e. The van der Waals surface area contributed by atoms with E-state index in [-0.39, 0.29) is 29.3 Å². The molecule has 0 radical (unpaired) electrons. The Kier molecular flexibility index (Phi) is 8.59. The highest BCUT2D eigenvalue weighted by Gasteiger charge is 2.49. The van der Waals surface area contributed by atoms with E-state index < -0.39 is 0 Å². The summed E-state index contributed by atoms with van der Waals surface area (Å²) >= 11 is 1.91. The van der Waals surface area contributed by atoms with Gasteiger partial charge < -0.3 is 25.3 Å². The predicted octanol–water partition coefficient (Wildman–Crippen LogP) is 6.26. The Morgan fingerprint density at radius 2 is 1.84 bits per heavy atom. The second kappa shape index (κ2) is 12.5. The number of ether oxygens (including phenoxy) is 1. The minimum absolute atomic E-state index is 0.0148. The van der Waals surface area contributed by atoms with Crippen molar-refractivity contribution < 1.29 is 14.3 Å². The number of piperidine rings is 2. The van der Waals surface area contributed by atoms with Crippen LogP contribution in [0.3, 0.4) is 0 Å². The van der Waals surface area contributed by atoms with Crippen LogP contribution in [0.5, 0.6) is 0 Å². The number of benzene rings is 1. The summed E-state index contributed by atoms with van der Waals surface area (Å²) in [4.78, 5) is 34.0. The molecule has 3 aliphatic heterocycles. The molecule has 4 fully saturated rings. The van der Waals surface area contributed by atoms with Crippen molar-refractivity contribution in [3.05, 3.63) is 45.8 Å². The van der Waals surface area contributed by atoms with Crippen molar-refractivity contribution in [3.8, 4) is 11.3 Å². The van der Waals surface area contributed by atoms with E-state index >= 15 is 0 Å². The lowest BCUT2D eigenvalue weighted by atomic mass is 9.78. The zero-order chi connectivity index (χ0) is 31.3. The second-order valence-electron chi connectivity index (χ2n) is 15.0. The van der Waals surface area contributed by atoms with Crippen LogP contribution in [0.4, 0.5) is 0 Å². The summed E-state index contributed by atoms with van der Waals surface area (Å²) in [5.41, 5.74) is 6.57. The largest absolute Gasteiger partial charge is 0.368 e. The number of thiophene rings is 1. The number of hydrogen-bond acceptors (Lipinski definition) is 5. The number of rotatable bonds is 10. The summed E-state index contributed by atoms with van der Waals surface area (Å²) in [6.07, 6.45) is 8.07. The number of hydrogen-bond donors (Lipinski definition) is 3. The molecule has 45 heavy (non-hydrogen) atoms. The van der Waals surface area contributed by atoms with E-state index in [1.54, 1.807) is 0 Å². The van der Waals surface area contributed by atoms with Crippen molar-refractivity contribution in [2.45, 2.75) is 96.6 Å². The van der Waals surface area contributed by atoms with Gasteiger partial charge in [0.05, 0.1) is 5.69 Å². The van der Waals surface area contributed by atoms with E-state index in [0.717, 1.165) is 77.5 Å². The topological polar surface area (TPSA) is 86.5 Å². The SMILES string of the molecule is Cc1cc(C)cc(-c2[nH]c3sc(C(C)(C)CC4C5CCC4C(=O)N5)cc3c2CCN2CCC(CNC(=O)C3CCCO3)CC2)c1. The molecule has 1 saturated carbocycles. The van der Waals surface area contributed by atoms with Gasteiger partial charge in [-0.2, -0.15) is 0 Å². The first-order valence-corrected chi connectivity index (χ1v) is 18.1. The normalized spacial score (nSPS) is 25.8. The Bertz CT molecular complexity index is 1540. The van der Waals surface area contributed by atoms with Crippen LogP contribution < -0.4 is 10.6 Å². The van der Waals surface area contributed by atoms with Gasteiger partial charge in [0.15, 0.2) is 0 Å². The van der Waals surface area contributed by atoms with Crippen LogP contribution >= 0.6 is 11.3 Å². The molecule has 242 valence electrons. The number of H-pyrrole nitrogens is 1. The third-order valence-corrected chi connectivity index (χ3v) is 12.6. The number of aromatic amines is 1. The van der Waals surface area contributed by atoms with Gasteiger partial charge in [0.25, 0.3) is 0 Å². The number of nitrogens with zero attached hydrogens (tertiary/aromatic N) is 1. The number of amides is 2. The molecule has 1 aromatic carbocycles. The van der Waals surface area contributed by atoms with E-state index in [1.807, 2.05) is 11.3 Å². The van der Waals surface area contributed by atoms with E-state index in [4.69, 9.17) is 4.74 Å². The maximum absolute atomic E-state index is 12.4. The molecule has 7 rings (SSSR count). The van der Waals surface area contributed by atoms with Crippen molar-refractivity contribution in [3.63, 3.8) is 0 Å². The van der Waals surface area contributed by atoms with Gasteiger partial charge in [0.1, 0.15) is 10.9 Å². The van der Waals surface area contributed by atoms with Crippen LogP contribution in [0.2, 0.25) is 0 Å². The molecule has 8 heteroatoms. The highest BCUT2D eigenvalue weighted by Crippen LogP contribution is 2.48. The van der Waals surface area contributed by atoms with Crippen LogP contribution in [-0.4, -0.2) is 66.6 Å². The standard InChI is InChI=1S/C37H50N4O3S/c1-22-16-23(2)18-25(17-22)33-26(11-14-41-12-9-24(10-13-41)21-38-35(43)31-6-5-15-44-31)28-19-32(45-36(28)40-33)37(3,4)20-29-27-7-8-30(29)39-34(27)42/h16-19,24,27,29-31,40H,5-15,20-21H2,1-4H3,(H,38,43)(H,39,42). The minimum atomic E-state index is -0.239. The number of likely N-dealkylation sites (tertiary alicyclic amines) is 1. The number of carbonyl (C=O) groups is 2. The van der Waals surface area contributed by atoms with Crippen LogP contribution in [0.15, 0.2) is 24.3 Å². The van der Waals surface area contributed by atoms with Crippen LogP contribution in [-0.2, 0) is 26.2 Å². The van der Waals surface area contributed by atoms with Crippen molar-refractivity contribution in [1.82, 2.24) is 20.5 Å². The molecule has 3 N–H and O–H groups in total. The van der Waals surface area contributed by atoms with E-state index in [0.29, 0.717) is 24.5 Å². The molecule has 3 aromatic rings. The van der Waals surface area contributed by atoms with Crippen molar-refractivity contribution in [2.24, 2.45) is 17.8 Å². The van der Waals surface area contributed by atoms with Gasteiger partial charge >= 0.3 is 0 Å². The molecule has 0 spiro atoms. The van der Waals surface area contributed by atoms with Gasteiger partial charge in [-0.25, -0.2) is 0 Å². The highest BCUT2D eigenvalue weighted by molar-refractivity contribution is 7.18. The lowest BCUT2D eigenvalue weighted by Gasteiger charge is -2.32. The Morgan fingerprint density at radius 1 is 1.07 bits per heavy atom. The minimum Gasteiger partial charge on any atom is -0.368 e. The number of aryl methyl sites for hydroxylation is 2. The first-order chi connectivity index (χ1) is 21.6. The average Bonchev–Trinajstić information content (AvgIpc) is 3.83. The number of carbonyl (C=O) groups excluding carboxylic acids is 2. The molecule has 4 aliphatic rings. The summed E-state index contributed by atoms with van der Waals surface area (Å²) in [5.74, 6) is 1.54. The summed E-state index contributed by atoms with van der Waals surface area (Å²) in [7, 11) is 0. The third-order valence-electron chi connectivity index (χ3n) is 11.2. The molecule has 5 heterocycles. The molecule has 2 aromatic heterocycles. The molecule has 4 atom stereocenters. The monoisotopic (exact) mass is 630 g/mol. The molecule has 1 aliphatic carbocycles. The Morgan fingerprint density at radius 3 is 2.51 bits per heavy atom. The Hall–Kier alpha value is -2.68. The summed E-state index contributed by atoms with van der Waals surface area (Å²) in [6.45, 7) is 13.8. The molecule has 4 unspecified atom stereocenters. The number of nitrogens with one attached hydrogen (secondary N) is 3. The van der Waals surface area contributed by atoms with Crippen LogP contribution in [0.1, 0.15) is 80.4 Å². The van der Waals surface area contributed by atoms with Gasteiger partial charge in [-0.3, -0.25) is 9.59 Å². The lowest BCUT2D eigenvalue weighted by Crippen LogP contribution is -2.41. The molecule has 7 nitrogen and oxygen atoms in total. The fourth-order valence-corrected chi connectivity index (χ4v) is 9.86. The zero-order valence-corrected chi connectivity index (χ0v) is 28.3. The molecule has 2 bridgehead atoms. The first-order valence-electron chi connectivity index (χ1n) is 17.3. The van der Waals surface area contributed by atoms with Crippen molar-refractivity contribution in [2.75, 3.05) is 32.8 Å². The van der Waals surface area contributed by atoms with Gasteiger partial charge in [-0.15, -0.1) is 11.3 Å². The summed E-state index contributed by atoms with van der Waals surface area (Å²) < 4.78 is 5.55. The fourth-order valence-electron chi connectivity index (χ4n) is 8.65. The van der Waals surface area contributed by atoms with E-state index in [9.17, 15) is 9.59 Å². The van der Waals surface area contributed by atoms with Gasteiger partial charge in [0.2, 0.25) is 11.8 Å². The third kappa shape index (κ3) is 6.35. The maximum atomic E-state index is 12.4. The van der Waals surface area contributed by atoms with E-state index in [1.165, 1.54) is 43.0 Å².